The van der Waals surface area contributed by atoms with Gasteiger partial charge >= 0.3 is 5.97 Å². The predicted molar refractivity (Wildman–Crippen MR) is 116 cm³/mol. The first-order valence-electron chi connectivity index (χ1n) is 10.4. The van der Waals surface area contributed by atoms with Gasteiger partial charge in [-0.1, -0.05) is 54.6 Å². The van der Waals surface area contributed by atoms with Crippen LogP contribution in [0.5, 0.6) is 0 Å². The number of nitrogens with zero attached hydrogens (tertiary/aromatic N) is 1. The number of nitro benzene ring substituents is 1. The van der Waals surface area contributed by atoms with Crippen molar-refractivity contribution >= 4 is 17.6 Å². The van der Waals surface area contributed by atoms with E-state index in [0.29, 0.717) is 32.1 Å². The summed E-state index contributed by atoms with van der Waals surface area (Å²) >= 11 is 0. The third-order valence-corrected chi connectivity index (χ3v) is 5.20. The lowest BCUT2D eigenvalue weighted by Crippen LogP contribution is -2.41. The van der Waals surface area contributed by atoms with Crippen molar-refractivity contribution in [2.75, 3.05) is 6.61 Å². The highest BCUT2D eigenvalue weighted by molar-refractivity contribution is 5.77. The molecule has 7 heteroatoms. The number of carbonyl (C=O) groups is 2. The van der Waals surface area contributed by atoms with Crippen LogP contribution in [0.2, 0.25) is 0 Å². The molecule has 1 unspecified atom stereocenters. The molecule has 0 fully saturated rings. The molecule has 1 heterocycles. The van der Waals surface area contributed by atoms with Gasteiger partial charge in [-0.2, -0.15) is 0 Å². The van der Waals surface area contributed by atoms with Crippen LogP contribution in [0.3, 0.4) is 0 Å². The Morgan fingerprint density at radius 1 is 0.968 bits per heavy atom. The molecule has 0 spiro atoms. The maximum atomic E-state index is 12.8. The monoisotopic (exact) mass is 422 g/mol. The Labute approximate surface area is 181 Å². The zero-order valence-electron chi connectivity index (χ0n) is 17.2. The summed E-state index contributed by atoms with van der Waals surface area (Å²) in [5.41, 5.74) is 1.91. The van der Waals surface area contributed by atoms with Gasteiger partial charge in [0.1, 0.15) is 6.61 Å². The summed E-state index contributed by atoms with van der Waals surface area (Å²) in [4.78, 5) is 35.4. The minimum atomic E-state index is -0.447. The zero-order valence-corrected chi connectivity index (χ0v) is 17.2. The van der Waals surface area contributed by atoms with Crippen LogP contribution < -0.4 is 5.32 Å². The Hall–Kier alpha value is -3.48. The van der Waals surface area contributed by atoms with E-state index >= 15 is 0 Å². The Morgan fingerprint density at radius 3 is 2.39 bits per heavy atom. The number of amides is 1. The average molecular weight is 422 g/mol. The Kier molecular flexibility index (Phi) is 7.92. The van der Waals surface area contributed by atoms with Crippen LogP contribution in [0.25, 0.3) is 0 Å². The quantitative estimate of drug-likeness (QED) is 0.342. The largest absolute Gasteiger partial charge is 0.463 e. The Balaban J connectivity index is 1.70. The van der Waals surface area contributed by atoms with Crippen molar-refractivity contribution in [2.45, 2.75) is 38.1 Å². The lowest BCUT2D eigenvalue weighted by Gasteiger charge is -2.22. The van der Waals surface area contributed by atoms with Crippen molar-refractivity contribution in [1.29, 1.82) is 0 Å². The predicted octanol–water partition coefficient (Wildman–Crippen LogP) is 3.76. The molecule has 1 aliphatic heterocycles. The third kappa shape index (κ3) is 7.06. The van der Waals surface area contributed by atoms with Crippen LogP contribution in [-0.2, 0) is 27.2 Å². The minimum Gasteiger partial charge on any atom is -0.463 e. The van der Waals surface area contributed by atoms with E-state index in [4.69, 9.17) is 4.74 Å². The topological polar surface area (TPSA) is 98.5 Å². The van der Waals surface area contributed by atoms with Gasteiger partial charge in [0.2, 0.25) is 5.91 Å². The van der Waals surface area contributed by atoms with Gasteiger partial charge in [0.15, 0.2) is 0 Å². The van der Waals surface area contributed by atoms with E-state index in [9.17, 15) is 19.7 Å². The van der Waals surface area contributed by atoms with E-state index in [1.165, 1.54) is 12.1 Å². The molecular formula is C24H26N2O5. The molecule has 1 N–H and O–H groups in total. The summed E-state index contributed by atoms with van der Waals surface area (Å²) in [6.45, 7) is 0.0972. The second-order valence-corrected chi connectivity index (χ2v) is 7.65. The number of hydrogen-bond donors (Lipinski definition) is 1. The zero-order chi connectivity index (χ0) is 22.1. The number of non-ortho nitro benzene ring substituents is 1. The number of ether oxygens (including phenoxy) is 1. The summed E-state index contributed by atoms with van der Waals surface area (Å²) in [6.07, 6.45) is 6.27. The highest BCUT2D eigenvalue weighted by Gasteiger charge is 2.23. The number of allylic oxidation sites excluding steroid dienone is 2. The molecule has 2 atom stereocenters. The molecule has 1 aliphatic rings. The average Bonchev–Trinajstić information content (AvgIpc) is 2.76. The van der Waals surface area contributed by atoms with Crippen molar-refractivity contribution in [1.82, 2.24) is 5.32 Å². The first kappa shape index (κ1) is 22.2. The maximum Gasteiger partial charge on any atom is 0.309 e. The van der Waals surface area contributed by atoms with Crippen LogP contribution in [0.1, 0.15) is 30.4 Å². The number of benzene rings is 2. The smallest absolute Gasteiger partial charge is 0.309 e. The van der Waals surface area contributed by atoms with Crippen molar-refractivity contribution in [3.05, 3.63) is 88.0 Å². The number of carbonyl (C=O) groups excluding carboxylic acids is 2. The second-order valence-electron chi connectivity index (χ2n) is 7.65. The Bertz CT molecular complexity index is 925. The second kappa shape index (κ2) is 11.1. The van der Waals surface area contributed by atoms with Gasteiger partial charge in [0.25, 0.3) is 5.69 Å². The van der Waals surface area contributed by atoms with Crippen LogP contribution in [-0.4, -0.2) is 29.4 Å². The molecule has 2 aromatic carbocycles. The number of esters is 1. The number of rotatable bonds is 5. The van der Waals surface area contributed by atoms with Crippen molar-refractivity contribution in [3.63, 3.8) is 0 Å². The highest BCUT2D eigenvalue weighted by Crippen LogP contribution is 2.19. The fraction of sp³-hybridized carbons (Fsp3) is 0.333. The molecule has 31 heavy (non-hydrogen) atoms. The van der Waals surface area contributed by atoms with Gasteiger partial charge in [0.05, 0.1) is 16.9 Å². The van der Waals surface area contributed by atoms with Gasteiger partial charge in [0, 0.05) is 18.6 Å². The number of nitro groups is 1. The lowest BCUT2D eigenvalue weighted by molar-refractivity contribution is -0.384. The molecule has 0 saturated carbocycles. The van der Waals surface area contributed by atoms with E-state index in [1.54, 1.807) is 12.1 Å². The first-order chi connectivity index (χ1) is 15.0. The highest BCUT2D eigenvalue weighted by atomic mass is 16.6. The van der Waals surface area contributed by atoms with Crippen molar-refractivity contribution in [3.8, 4) is 0 Å². The fourth-order valence-corrected chi connectivity index (χ4v) is 3.54. The first-order valence-corrected chi connectivity index (χ1v) is 10.4. The van der Waals surface area contributed by atoms with E-state index in [1.807, 2.05) is 42.5 Å². The summed E-state index contributed by atoms with van der Waals surface area (Å²) in [6, 6.07) is 15.7. The van der Waals surface area contributed by atoms with Gasteiger partial charge in [-0.3, -0.25) is 19.7 Å². The van der Waals surface area contributed by atoms with Crippen LogP contribution in [0.15, 0.2) is 66.7 Å². The summed E-state index contributed by atoms with van der Waals surface area (Å²) in [7, 11) is 0. The van der Waals surface area contributed by atoms with E-state index in [-0.39, 0.29) is 30.2 Å². The Morgan fingerprint density at radius 2 is 1.68 bits per heavy atom. The standard InChI is InChI=1S/C24H26N2O5/c27-23-10-6-2-5-9-20(15-19-11-13-22(14-12-19)26(29)30)24(28)31-17-21(25-23)16-18-7-3-1-4-8-18/h1-5,7-8,11-14,20-21H,6,9-10,15-17H2,(H,25,27)/t20-,21?/m0/s1. The number of cyclic esters (lactones) is 1. The molecule has 0 radical (unpaired) electrons. The van der Waals surface area contributed by atoms with Crippen LogP contribution in [0, 0.1) is 16.0 Å². The van der Waals surface area contributed by atoms with Crippen molar-refractivity contribution in [2.24, 2.45) is 5.92 Å². The van der Waals surface area contributed by atoms with Gasteiger partial charge in [-0.15, -0.1) is 0 Å². The van der Waals surface area contributed by atoms with E-state index in [2.05, 4.69) is 5.32 Å². The van der Waals surface area contributed by atoms with Crippen molar-refractivity contribution < 1.29 is 19.2 Å². The normalized spacial score (nSPS) is 20.1. The molecule has 7 nitrogen and oxygen atoms in total. The number of hydrogen-bond acceptors (Lipinski definition) is 5. The summed E-state index contributed by atoms with van der Waals surface area (Å²) in [5.74, 6) is -0.800. The molecule has 0 aromatic heterocycles. The minimum absolute atomic E-state index is 0.0180. The van der Waals surface area contributed by atoms with E-state index in [0.717, 1.165) is 11.1 Å². The molecule has 2 aromatic rings. The molecule has 162 valence electrons. The summed E-state index contributed by atoms with van der Waals surface area (Å²) < 4.78 is 5.60. The number of nitrogens with one attached hydrogen (secondary N) is 1. The maximum absolute atomic E-state index is 12.8. The third-order valence-electron chi connectivity index (χ3n) is 5.20. The van der Waals surface area contributed by atoms with Gasteiger partial charge in [-0.05, 0) is 36.8 Å². The SMILES string of the molecule is O=C1CCC=CC[C@@H](Cc2ccc([N+](=O)[O-])cc2)C(=O)OCC(Cc2ccccc2)N1. The molecule has 0 bridgehead atoms. The van der Waals surface area contributed by atoms with Gasteiger partial charge < -0.3 is 10.1 Å². The molecular weight excluding hydrogens is 396 g/mol. The van der Waals surface area contributed by atoms with E-state index < -0.39 is 10.8 Å². The molecule has 0 saturated heterocycles. The lowest BCUT2D eigenvalue weighted by atomic mass is 9.95. The van der Waals surface area contributed by atoms with Gasteiger partial charge in [-0.25, -0.2) is 0 Å². The molecule has 0 aliphatic carbocycles. The van der Waals surface area contributed by atoms with Crippen LogP contribution in [0.4, 0.5) is 5.69 Å². The fourth-order valence-electron chi connectivity index (χ4n) is 3.54. The molecule has 1 amide bonds. The van der Waals surface area contributed by atoms with Crippen LogP contribution >= 0.6 is 0 Å². The summed E-state index contributed by atoms with van der Waals surface area (Å²) in [5, 5.41) is 13.8. The molecule has 3 rings (SSSR count).